The maximum atomic E-state index is 5.77. The van der Waals surface area contributed by atoms with Crippen molar-refractivity contribution in [2.45, 2.75) is 66.1 Å². The number of nitrogens with one attached hydrogen (secondary N) is 2. The van der Waals surface area contributed by atoms with Crippen molar-refractivity contribution in [3.05, 3.63) is 35.4 Å². The highest BCUT2D eigenvalue weighted by atomic mass is 16.5. The molecule has 1 aliphatic rings. The van der Waals surface area contributed by atoms with Crippen LogP contribution in [-0.2, 0) is 19.5 Å². The van der Waals surface area contributed by atoms with Crippen LogP contribution in [0.2, 0.25) is 0 Å². The smallest absolute Gasteiger partial charge is 0.192 e. The molecule has 1 aromatic heterocycles. The molecule has 0 amide bonds. The van der Waals surface area contributed by atoms with Gasteiger partial charge in [-0.2, -0.15) is 0 Å². The van der Waals surface area contributed by atoms with Crippen molar-refractivity contribution in [3.8, 4) is 11.5 Å². The van der Waals surface area contributed by atoms with Crippen LogP contribution in [0.1, 0.15) is 63.8 Å². The Morgan fingerprint density at radius 1 is 1.13 bits per heavy atom. The highest BCUT2D eigenvalue weighted by Gasteiger charge is 2.16. The average Bonchev–Trinajstić information content (AvgIpc) is 3.17. The molecule has 0 spiro atoms. The molecule has 2 aromatic rings. The predicted molar refractivity (Wildman–Crippen MR) is 118 cm³/mol. The largest absolute Gasteiger partial charge is 0.490 e. The molecule has 0 aliphatic carbocycles. The van der Waals surface area contributed by atoms with Gasteiger partial charge in [-0.1, -0.05) is 6.07 Å². The molecule has 0 radical (unpaired) electrons. The zero-order valence-electron chi connectivity index (χ0n) is 18.6. The molecular weight excluding hydrogens is 380 g/mol. The maximum Gasteiger partial charge on any atom is 0.192 e. The standard InChI is InChI=1S/C22H34N6O2/c1-5-23-22(24-15-21-27-26-20-10-8-9-13-28(20)21)25-16(4)17-11-12-18(29-6-2)19(14-17)30-7-3/h11-12,14,16H,5-10,13,15H2,1-4H3,(H2,23,24,25). The Balaban J connectivity index is 1.71. The Bertz CT molecular complexity index is 848. The Morgan fingerprint density at radius 2 is 1.93 bits per heavy atom. The minimum atomic E-state index is 0.0463. The van der Waals surface area contributed by atoms with Gasteiger partial charge in [-0.15, -0.1) is 10.2 Å². The highest BCUT2D eigenvalue weighted by molar-refractivity contribution is 5.80. The number of aliphatic imine (C=N–C) groups is 1. The van der Waals surface area contributed by atoms with E-state index < -0.39 is 0 Å². The van der Waals surface area contributed by atoms with Crippen LogP contribution < -0.4 is 20.1 Å². The summed E-state index contributed by atoms with van der Waals surface area (Å²) in [5.74, 6) is 4.30. The second kappa shape index (κ2) is 10.8. The average molecular weight is 415 g/mol. The van der Waals surface area contributed by atoms with Gasteiger partial charge in [-0.05, 0) is 58.2 Å². The minimum absolute atomic E-state index is 0.0463. The molecule has 1 aromatic carbocycles. The van der Waals surface area contributed by atoms with E-state index in [2.05, 4.69) is 45.3 Å². The van der Waals surface area contributed by atoms with Gasteiger partial charge in [0.2, 0.25) is 0 Å². The molecule has 0 saturated carbocycles. The number of aryl methyl sites for hydroxylation is 1. The summed E-state index contributed by atoms with van der Waals surface area (Å²) in [6, 6.07) is 6.10. The van der Waals surface area contributed by atoms with Gasteiger partial charge < -0.3 is 24.7 Å². The number of nitrogens with zero attached hydrogens (tertiary/aromatic N) is 4. The highest BCUT2D eigenvalue weighted by Crippen LogP contribution is 2.30. The topological polar surface area (TPSA) is 85.6 Å². The van der Waals surface area contributed by atoms with Crippen LogP contribution in [0, 0.1) is 0 Å². The number of benzene rings is 1. The van der Waals surface area contributed by atoms with Gasteiger partial charge in [0.05, 0.1) is 19.3 Å². The fourth-order valence-electron chi connectivity index (χ4n) is 3.58. The van der Waals surface area contributed by atoms with Crippen molar-refractivity contribution in [3.63, 3.8) is 0 Å². The number of guanidine groups is 1. The van der Waals surface area contributed by atoms with Gasteiger partial charge in [-0.3, -0.25) is 0 Å². The summed E-state index contributed by atoms with van der Waals surface area (Å²) in [6.45, 7) is 11.6. The lowest BCUT2D eigenvalue weighted by Crippen LogP contribution is -2.38. The molecule has 3 rings (SSSR count). The van der Waals surface area contributed by atoms with E-state index in [1.807, 2.05) is 26.0 Å². The first-order valence-corrected chi connectivity index (χ1v) is 11.0. The van der Waals surface area contributed by atoms with Crippen LogP contribution >= 0.6 is 0 Å². The molecule has 2 N–H and O–H groups in total. The third-order valence-electron chi connectivity index (χ3n) is 5.08. The fraction of sp³-hybridized carbons (Fsp3) is 0.591. The monoisotopic (exact) mass is 414 g/mol. The van der Waals surface area contributed by atoms with E-state index in [0.717, 1.165) is 54.2 Å². The van der Waals surface area contributed by atoms with Gasteiger partial charge in [-0.25, -0.2) is 4.99 Å². The third kappa shape index (κ3) is 5.43. The molecule has 0 fully saturated rings. The third-order valence-corrected chi connectivity index (χ3v) is 5.08. The number of aromatic nitrogens is 3. The zero-order valence-corrected chi connectivity index (χ0v) is 18.6. The molecule has 0 saturated heterocycles. The first-order chi connectivity index (χ1) is 14.7. The van der Waals surface area contributed by atoms with E-state index in [9.17, 15) is 0 Å². The molecule has 8 nitrogen and oxygen atoms in total. The first-order valence-electron chi connectivity index (χ1n) is 11.0. The van der Waals surface area contributed by atoms with Crippen molar-refractivity contribution in [2.75, 3.05) is 19.8 Å². The molecule has 30 heavy (non-hydrogen) atoms. The summed E-state index contributed by atoms with van der Waals surface area (Å²) in [5.41, 5.74) is 1.10. The van der Waals surface area contributed by atoms with Crippen molar-refractivity contribution in [2.24, 2.45) is 4.99 Å². The van der Waals surface area contributed by atoms with E-state index in [1.54, 1.807) is 0 Å². The van der Waals surface area contributed by atoms with Crippen molar-refractivity contribution in [1.29, 1.82) is 0 Å². The van der Waals surface area contributed by atoms with E-state index in [-0.39, 0.29) is 6.04 Å². The Labute approximate surface area is 179 Å². The SMILES string of the molecule is CCNC(=NCc1nnc2n1CCCC2)NC(C)c1ccc(OCC)c(OCC)c1. The van der Waals surface area contributed by atoms with Gasteiger partial charge >= 0.3 is 0 Å². The number of fused-ring (bicyclic) bond motifs is 1. The van der Waals surface area contributed by atoms with Crippen LogP contribution in [0.5, 0.6) is 11.5 Å². The molecule has 1 aliphatic heterocycles. The first kappa shape index (κ1) is 21.9. The Kier molecular flexibility index (Phi) is 7.93. The van der Waals surface area contributed by atoms with Crippen LogP contribution in [-0.4, -0.2) is 40.5 Å². The van der Waals surface area contributed by atoms with Crippen molar-refractivity contribution in [1.82, 2.24) is 25.4 Å². The summed E-state index contributed by atoms with van der Waals surface area (Å²) in [6.07, 6.45) is 3.37. The number of hydrogen-bond acceptors (Lipinski definition) is 5. The molecule has 8 heteroatoms. The molecule has 0 bridgehead atoms. The minimum Gasteiger partial charge on any atom is -0.490 e. The zero-order chi connectivity index (χ0) is 21.3. The number of ether oxygens (including phenoxy) is 2. The van der Waals surface area contributed by atoms with Gasteiger partial charge in [0.15, 0.2) is 23.3 Å². The lowest BCUT2D eigenvalue weighted by atomic mass is 10.1. The quantitative estimate of drug-likeness (QED) is 0.484. The van der Waals surface area contributed by atoms with Gasteiger partial charge in [0, 0.05) is 19.5 Å². The van der Waals surface area contributed by atoms with Crippen molar-refractivity contribution < 1.29 is 9.47 Å². The maximum absolute atomic E-state index is 5.77. The van der Waals surface area contributed by atoms with Crippen molar-refractivity contribution >= 4 is 5.96 Å². The van der Waals surface area contributed by atoms with E-state index in [0.29, 0.717) is 19.8 Å². The fourth-order valence-corrected chi connectivity index (χ4v) is 3.58. The lowest BCUT2D eigenvalue weighted by molar-refractivity contribution is 0.287. The summed E-state index contributed by atoms with van der Waals surface area (Å²) in [7, 11) is 0. The van der Waals surface area contributed by atoms with E-state index >= 15 is 0 Å². The van der Waals surface area contributed by atoms with Crippen LogP contribution in [0.3, 0.4) is 0 Å². The molecular formula is C22H34N6O2. The van der Waals surface area contributed by atoms with Crippen LogP contribution in [0.4, 0.5) is 0 Å². The van der Waals surface area contributed by atoms with E-state index in [4.69, 9.17) is 14.5 Å². The van der Waals surface area contributed by atoms with E-state index in [1.165, 1.54) is 12.8 Å². The summed E-state index contributed by atoms with van der Waals surface area (Å²) >= 11 is 0. The second-order valence-electron chi connectivity index (χ2n) is 7.27. The van der Waals surface area contributed by atoms with Crippen LogP contribution in [0.15, 0.2) is 23.2 Å². The normalized spacial score (nSPS) is 14.7. The van der Waals surface area contributed by atoms with Gasteiger partial charge in [0.25, 0.3) is 0 Å². The predicted octanol–water partition coefficient (Wildman–Crippen LogP) is 3.23. The summed E-state index contributed by atoms with van der Waals surface area (Å²) in [4.78, 5) is 4.75. The summed E-state index contributed by atoms with van der Waals surface area (Å²) < 4.78 is 13.6. The Hall–Kier alpha value is -2.77. The molecule has 1 unspecified atom stereocenters. The number of rotatable bonds is 9. The number of hydrogen-bond donors (Lipinski definition) is 2. The van der Waals surface area contributed by atoms with Gasteiger partial charge in [0.1, 0.15) is 12.4 Å². The molecule has 1 atom stereocenters. The second-order valence-corrected chi connectivity index (χ2v) is 7.27. The summed E-state index contributed by atoms with van der Waals surface area (Å²) in [5, 5.41) is 15.5. The molecule has 2 heterocycles. The Morgan fingerprint density at radius 3 is 2.70 bits per heavy atom. The lowest BCUT2D eigenvalue weighted by Gasteiger charge is -2.20. The molecule has 164 valence electrons. The van der Waals surface area contributed by atoms with Crippen LogP contribution in [0.25, 0.3) is 0 Å².